The molecule has 0 saturated carbocycles. The maximum absolute atomic E-state index is 12.2. The van der Waals surface area contributed by atoms with Crippen molar-refractivity contribution in [2.75, 3.05) is 0 Å². The van der Waals surface area contributed by atoms with Crippen LogP contribution in [0.5, 0.6) is 0 Å². The summed E-state index contributed by atoms with van der Waals surface area (Å²) in [4.78, 5) is 36.3. The number of esters is 2. The maximum Gasteiger partial charge on any atom is 0.407 e. The minimum Gasteiger partial charge on any atom is -0.461 e. The molecule has 7 nitrogen and oxygen atoms in total. The number of rotatable bonds is 8. The third-order valence-electron chi connectivity index (χ3n) is 3.49. The molecule has 0 spiro atoms. The highest BCUT2D eigenvalue weighted by Gasteiger charge is 2.25. The molecule has 0 aliphatic heterocycles. The van der Waals surface area contributed by atoms with Gasteiger partial charge in [0.25, 0.3) is 0 Å². The third-order valence-corrected chi connectivity index (χ3v) is 3.49. The number of benzene rings is 1. The molecular weight excluding hydrogens is 374 g/mol. The van der Waals surface area contributed by atoms with Gasteiger partial charge in [-0.05, 0) is 53.5 Å². The molecule has 7 heteroatoms. The Morgan fingerprint density at radius 1 is 0.897 bits per heavy atom. The zero-order valence-corrected chi connectivity index (χ0v) is 18.2. The van der Waals surface area contributed by atoms with E-state index in [2.05, 4.69) is 5.32 Å². The van der Waals surface area contributed by atoms with Gasteiger partial charge in [0.2, 0.25) is 0 Å². The van der Waals surface area contributed by atoms with Gasteiger partial charge >= 0.3 is 18.0 Å². The van der Waals surface area contributed by atoms with Crippen molar-refractivity contribution < 1.29 is 28.6 Å². The first-order valence-electron chi connectivity index (χ1n) is 9.75. The Hall–Kier alpha value is -2.57. The molecule has 0 bridgehead atoms. The fraction of sp³-hybridized carbons (Fsp3) is 0.591. The molecule has 0 aromatic heterocycles. The first kappa shape index (κ1) is 24.5. The van der Waals surface area contributed by atoms with Crippen molar-refractivity contribution in [3.05, 3.63) is 35.9 Å². The second-order valence-electron chi connectivity index (χ2n) is 8.82. The molecule has 1 aromatic rings. The normalized spacial score (nSPS) is 12.6. The van der Waals surface area contributed by atoms with Crippen LogP contribution in [0.25, 0.3) is 0 Å². The van der Waals surface area contributed by atoms with Crippen molar-refractivity contribution in [1.29, 1.82) is 0 Å². The molecular formula is C22H33NO6. The summed E-state index contributed by atoms with van der Waals surface area (Å²) in [5, 5.41) is 2.65. The summed E-state index contributed by atoms with van der Waals surface area (Å²) < 4.78 is 15.8. The van der Waals surface area contributed by atoms with Crippen LogP contribution in [0, 0.1) is 0 Å². The first-order chi connectivity index (χ1) is 13.3. The lowest BCUT2D eigenvalue weighted by Gasteiger charge is -2.25. The average Bonchev–Trinajstić information content (AvgIpc) is 2.55. The number of alkyl carbamates (subject to hydrolysis) is 1. The Morgan fingerprint density at radius 3 is 2.03 bits per heavy atom. The van der Waals surface area contributed by atoms with Crippen LogP contribution in [0.4, 0.5) is 4.79 Å². The van der Waals surface area contributed by atoms with Crippen molar-refractivity contribution in [3.63, 3.8) is 0 Å². The highest BCUT2D eigenvalue weighted by Crippen LogP contribution is 2.13. The molecule has 0 aliphatic carbocycles. The average molecular weight is 408 g/mol. The summed E-state index contributed by atoms with van der Waals surface area (Å²) >= 11 is 0. The van der Waals surface area contributed by atoms with E-state index in [-0.39, 0.29) is 25.9 Å². The van der Waals surface area contributed by atoms with Gasteiger partial charge in [-0.3, -0.25) is 9.59 Å². The molecule has 0 heterocycles. The van der Waals surface area contributed by atoms with Crippen molar-refractivity contribution >= 4 is 18.0 Å². The van der Waals surface area contributed by atoms with E-state index in [1.807, 2.05) is 30.3 Å². The molecule has 0 radical (unpaired) electrons. The largest absolute Gasteiger partial charge is 0.461 e. The molecule has 0 saturated heterocycles. The predicted octanol–water partition coefficient (Wildman–Crippen LogP) is 4.14. The predicted molar refractivity (Wildman–Crippen MR) is 109 cm³/mol. The van der Waals surface area contributed by atoms with Crippen LogP contribution in [0.15, 0.2) is 30.3 Å². The van der Waals surface area contributed by atoms with Crippen molar-refractivity contribution in [2.24, 2.45) is 0 Å². The highest BCUT2D eigenvalue weighted by molar-refractivity contribution is 5.74. The number of hydrogen-bond acceptors (Lipinski definition) is 6. The van der Waals surface area contributed by atoms with E-state index >= 15 is 0 Å². The summed E-state index contributed by atoms with van der Waals surface area (Å²) in [5.74, 6) is -0.870. The van der Waals surface area contributed by atoms with Gasteiger partial charge in [0.1, 0.15) is 17.8 Å². The Kier molecular flexibility index (Phi) is 9.14. The maximum atomic E-state index is 12.2. The van der Waals surface area contributed by atoms with Gasteiger partial charge in [0.05, 0.1) is 6.42 Å². The zero-order valence-electron chi connectivity index (χ0n) is 18.2. The van der Waals surface area contributed by atoms with Crippen LogP contribution in [-0.4, -0.2) is 35.3 Å². The van der Waals surface area contributed by atoms with E-state index in [1.54, 1.807) is 41.5 Å². The lowest BCUT2D eigenvalue weighted by atomic mass is 10.1. The molecule has 1 aromatic carbocycles. The summed E-state index contributed by atoms with van der Waals surface area (Å²) in [6, 6.07) is 8.74. The van der Waals surface area contributed by atoms with Gasteiger partial charge in [-0.25, -0.2) is 4.79 Å². The van der Waals surface area contributed by atoms with E-state index in [9.17, 15) is 14.4 Å². The van der Waals surface area contributed by atoms with Crippen LogP contribution in [-0.2, 0) is 30.4 Å². The minimum absolute atomic E-state index is 0.0517. The quantitative estimate of drug-likeness (QED) is 0.514. The van der Waals surface area contributed by atoms with E-state index in [4.69, 9.17) is 14.2 Å². The molecule has 1 rings (SSSR count). The van der Waals surface area contributed by atoms with Crippen LogP contribution < -0.4 is 5.32 Å². The Balaban J connectivity index is 2.60. The molecule has 29 heavy (non-hydrogen) atoms. The number of hydrogen-bond donors (Lipinski definition) is 1. The lowest BCUT2D eigenvalue weighted by molar-refractivity contribution is -0.156. The SMILES string of the molecule is CC(C)(C)OC(=O)CC(CCC(=O)OCc1ccccc1)NC(=O)OC(C)(C)C. The van der Waals surface area contributed by atoms with Gasteiger partial charge < -0.3 is 19.5 Å². The van der Waals surface area contributed by atoms with Gasteiger partial charge in [0, 0.05) is 12.5 Å². The van der Waals surface area contributed by atoms with E-state index in [1.165, 1.54) is 0 Å². The second-order valence-corrected chi connectivity index (χ2v) is 8.82. The minimum atomic E-state index is -0.671. The van der Waals surface area contributed by atoms with E-state index in [0.717, 1.165) is 5.56 Å². The van der Waals surface area contributed by atoms with Crippen molar-refractivity contribution in [1.82, 2.24) is 5.32 Å². The molecule has 1 unspecified atom stereocenters. The van der Waals surface area contributed by atoms with Gasteiger partial charge in [-0.1, -0.05) is 30.3 Å². The molecule has 1 atom stereocenters. The van der Waals surface area contributed by atoms with Gasteiger partial charge in [0.15, 0.2) is 0 Å². The van der Waals surface area contributed by atoms with Crippen molar-refractivity contribution in [2.45, 2.75) is 84.7 Å². The fourth-order valence-corrected chi connectivity index (χ4v) is 2.39. The number of ether oxygens (including phenoxy) is 3. The number of nitrogens with one attached hydrogen (secondary N) is 1. The summed E-state index contributed by atoms with van der Waals surface area (Å²) in [5.41, 5.74) is -0.421. The molecule has 0 fully saturated rings. The number of carbonyl (C=O) groups is 3. The second kappa shape index (κ2) is 10.8. The third kappa shape index (κ3) is 12.5. The zero-order chi connectivity index (χ0) is 22.1. The highest BCUT2D eigenvalue weighted by atomic mass is 16.6. The van der Waals surface area contributed by atoms with Crippen LogP contribution in [0.1, 0.15) is 66.4 Å². The van der Waals surface area contributed by atoms with Crippen molar-refractivity contribution in [3.8, 4) is 0 Å². The number of amides is 1. The van der Waals surface area contributed by atoms with Gasteiger partial charge in [-0.2, -0.15) is 0 Å². The molecule has 162 valence electrons. The Labute approximate surface area is 173 Å². The Morgan fingerprint density at radius 2 is 1.48 bits per heavy atom. The summed E-state index contributed by atoms with van der Waals surface area (Å²) in [6.07, 6.45) is -0.436. The van der Waals surface area contributed by atoms with E-state index in [0.29, 0.717) is 0 Å². The fourth-order valence-electron chi connectivity index (χ4n) is 2.39. The monoisotopic (exact) mass is 407 g/mol. The topological polar surface area (TPSA) is 90.9 Å². The first-order valence-corrected chi connectivity index (χ1v) is 9.75. The van der Waals surface area contributed by atoms with Crippen LogP contribution >= 0.6 is 0 Å². The Bertz CT molecular complexity index is 643. The molecule has 1 amide bonds. The standard InChI is InChI=1S/C22H33NO6/c1-21(2,3)28-19(25)14-17(23-20(26)29-22(4,5)6)12-13-18(24)27-15-16-10-8-7-9-11-16/h7-11,17H,12-15H2,1-6H3,(H,23,26). The molecule has 1 N–H and O–H groups in total. The van der Waals surface area contributed by atoms with Gasteiger partial charge in [-0.15, -0.1) is 0 Å². The lowest BCUT2D eigenvalue weighted by Crippen LogP contribution is -2.41. The van der Waals surface area contributed by atoms with E-state index < -0.39 is 35.3 Å². The smallest absolute Gasteiger partial charge is 0.407 e. The summed E-state index contributed by atoms with van der Waals surface area (Å²) in [7, 11) is 0. The molecule has 0 aliphatic rings. The van der Waals surface area contributed by atoms with Crippen LogP contribution in [0.2, 0.25) is 0 Å². The summed E-state index contributed by atoms with van der Waals surface area (Å²) in [6.45, 7) is 10.7. The van der Waals surface area contributed by atoms with Crippen LogP contribution in [0.3, 0.4) is 0 Å². The number of carbonyl (C=O) groups excluding carboxylic acids is 3.